The van der Waals surface area contributed by atoms with Crippen LogP contribution in [0.2, 0.25) is 0 Å². The lowest BCUT2D eigenvalue weighted by atomic mass is 10.1. The average molecular weight is 234 g/mol. The number of rotatable bonds is 4. The number of esters is 1. The van der Waals surface area contributed by atoms with E-state index in [2.05, 4.69) is 10.6 Å². The highest BCUT2D eigenvalue weighted by Crippen LogP contribution is 2.25. The summed E-state index contributed by atoms with van der Waals surface area (Å²) in [5.41, 5.74) is 2.61. The summed E-state index contributed by atoms with van der Waals surface area (Å²) in [6.07, 6.45) is 0.393. The summed E-state index contributed by atoms with van der Waals surface area (Å²) < 4.78 is 4.81. The number of benzene rings is 1. The maximum absolute atomic E-state index is 11.2. The van der Waals surface area contributed by atoms with Crippen molar-refractivity contribution in [3.63, 3.8) is 0 Å². The number of hydrogen-bond donors (Lipinski definition) is 2. The smallest absolute Gasteiger partial charge is 0.325 e. The van der Waals surface area contributed by atoms with Crippen LogP contribution in [0, 0.1) is 0 Å². The molecule has 1 amide bonds. The van der Waals surface area contributed by atoms with E-state index in [9.17, 15) is 9.59 Å². The molecule has 0 saturated heterocycles. The predicted octanol–water partition coefficient (Wildman–Crippen LogP) is 1.16. The first-order valence-corrected chi connectivity index (χ1v) is 5.51. The minimum atomic E-state index is -0.290. The molecule has 17 heavy (non-hydrogen) atoms. The van der Waals surface area contributed by atoms with Crippen LogP contribution >= 0.6 is 0 Å². The Bertz CT molecular complexity index is 457. The molecule has 5 heteroatoms. The second-order valence-corrected chi connectivity index (χ2v) is 3.76. The molecular formula is C12H14N2O3. The SMILES string of the molecule is CCOC(=O)CNc1ccc2c(c1)CC(=O)N2. The lowest BCUT2D eigenvalue weighted by Gasteiger charge is -2.07. The fourth-order valence-electron chi connectivity index (χ4n) is 1.73. The Balaban J connectivity index is 1.97. The Morgan fingerprint density at radius 1 is 1.53 bits per heavy atom. The van der Waals surface area contributed by atoms with Gasteiger partial charge in [0.05, 0.1) is 13.0 Å². The molecule has 0 bridgehead atoms. The Hall–Kier alpha value is -2.04. The molecule has 1 heterocycles. The number of carbonyl (C=O) groups excluding carboxylic acids is 2. The second kappa shape index (κ2) is 4.86. The first kappa shape index (κ1) is 11.4. The van der Waals surface area contributed by atoms with E-state index < -0.39 is 0 Å². The molecule has 0 unspecified atom stereocenters. The van der Waals surface area contributed by atoms with Gasteiger partial charge in [0.1, 0.15) is 6.54 Å². The summed E-state index contributed by atoms with van der Waals surface area (Å²) >= 11 is 0. The largest absolute Gasteiger partial charge is 0.465 e. The Morgan fingerprint density at radius 2 is 2.35 bits per heavy atom. The maximum atomic E-state index is 11.2. The number of hydrogen-bond acceptors (Lipinski definition) is 4. The van der Waals surface area contributed by atoms with E-state index in [-0.39, 0.29) is 18.4 Å². The highest BCUT2D eigenvalue weighted by atomic mass is 16.5. The zero-order valence-corrected chi connectivity index (χ0v) is 9.58. The summed E-state index contributed by atoms with van der Waals surface area (Å²) in [4.78, 5) is 22.3. The van der Waals surface area contributed by atoms with E-state index in [0.29, 0.717) is 13.0 Å². The van der Waals surface area contributed by atoms with Gasteiger partial charge in [-0.25, -0.2) is 0 Å². The molecule has 0 aromatic heterocycles. The molecule has 2 rings (SSSR count). The minimum Gasteiger partial charge on any atom is -0.465 e. The Labute approximate surface area is 99.2 Å². The molecule has 2 N–H and O–H groups in total. The number of carbonyl (C=O) groups is 2. The minimum absolute atomic E-state index is 0.00235. The highest BCUT2D eigenvalue weighted by Gasteiger charge is 2.17. The highest BCUT2D eigenvalue weighted by molar-refractivity contribution is 5.99. The molecule has 1 aliphatic rings. The number of amides is 1. The van der Waals surface area contributed by atoms with E-state index in [1.807, 2.05) is 18.2 Å². The zero-order chi connectivity index (χ0) is 12.3. The van der Waals surface area contributed by atoms with Crippen molar-refractivity contribution in [2.24, 2.45) is 0 Å². The van der Waals surface area contributed by atoms with Gasteiger partial charge in [0.15, 0.2) is 0 Å². The van der Waals surface area contributed by atoms with Crippen molar-refractivity contribution in [3.8, 4) is 0 Å². The number of ether oxygens (including phenoxy) is 1. The summed E-state index contributed by atoms with van der Waals surface area (Å²) in [5, 5.41) is 5.71. The van der Waals surface area contributed by atoms with Gasteiger partial charge in [-0.15, -0.1) is 0 Å². The van der Waals surface area contributed by atoms with E-state index >= 15 is 0 Å². The molecule has 90 valence electrons. The summed E-state index contributed by atoms with van der Waals surface area (Å²) in [6.45, 7) is 2.28. The summed E-state index contributed by atoms with van der Waals surface area (Å²) in [7, 11) is 0. The van der Waals surface area contributed by atoms with Gasteiger partial charge in [-0.2, -0.15) is 0 Å². The van der Waals surface area contributed by atoms with Crippen molar-refractivity contribution in [3.05, 3.63) is 23.8 Å². The molecule has 0 spiro atoms. The third kappa shape index (κ3) is 2.75. The van der Waals surface area contributed by atoms with Crippen LogP contribution in [-0.4, -0.2) is 25.0 Å². The summed E-state index contributed by atoms with van der Waals surface area (Å²) in [5.74, 6) is -0.287. The third-order valence-electron chi connectivity index (χ3n) is 2.47. The van der Waals surface area contributed by atoms with E-state index in [1.165, 1.54) is 0 Å². The first-order chi connectivity index (χ1) is 8.19. The second-order valence-electron chi connectivity index (χ2n) is 3.76. The van der Waals surface area contributed by atoms with Crippen molar-refractivity contribution in [1.29, 1.82) is 0 Å². The predicted molar refractivity (Wildman–Crippen MR) is 63.9 cm³/mol. The fourth-order valence-corrected chi connectivity index (χ4v) is 1.73. The molecule has 0 saturated carbocycles. The van der Waals surface area contributed by atoms with Gasteiger partial charge in [0.2, 0.25) is 5.91 Å². The van der Waals surface area contributed by atoms with Gasteiger partial charge in [-0.05, 0) is 30.7 Å². The van der Waals surface area contributed by atoms with Crippen LogP contribution in [0.5, 0.6) is 0 Å². The van der Waals surface area contributed by atoms with Crippen molar-refractivity contribution >= 4 is 23.3 Å². The maximum Gasteiger partial charge on any atom is 0.325 e. The average Bonchev–Trinajstić information content (AvgIpc) is 2.66. The van der Waals surface area contributed by atoms with Crippen molar-refractivity contribution in [2.75, 3.05) is 23.8 Å². The van der Waals surface area contributed by atoms with Crippen molar-refractivity contribution in [1.82, 2.24) is 0 Å². The monoisotopic (exact) mass is 234 g/mol. The van der Waals surface area contributed by atoms with Crippen LogP contribution in [0.4, 0.5) is 11.4 Å². The lowest BCUT2D eigenvalue weighted by Crippen LogP contribution is -2.16. The molecule has 0 radical (unpaired) electrons. The number of nitrogens with one attached hydrogen (secondary N) is 2. The number of fused-ring (bicyclic) bond motifs is 1. The standard InChI is InChI=1S/C12H14N2O3/c1-2-17-12(16)7-13-9-3-4-10-8(5-9)6-11(15)14-10/h3-5,13H,2,6-7H2,1H3,(H,14,15). The van der Waals surface area contributed by atoms with Crippen molar-refractivity contribution < 1.29 is 14.3 Å². The van der Waals surface area contributed by atoms with Gasteiger partial charge in [0.25, 0.3) is 0 Å². The Morgan fingerprint density at radius 3 is 3.12 bits per heavy atom. The fraction of sp³-hybridized carbons (Fsp3) is 0.333. The number of anilines is 2. The van der Waals surface area contributed by atoms with Crippen LogP contribution in [0.3, 0.4) is 0 Å². The summed E-state index contributed by atoms with van der Waals surface area (Å²) in [6, 6.07) is 5.52. The topological polar surface area (TPSA) is 67.4 Å². The van der Waals surface area contributed by atoms with Gasteiger partial charge in [0, 0.05) is 11.4 Å². The van der Waals surface area contributed by atoms with Crippen LogP contribution in [0.1, 0.15) is 12.5 Å². The van der Waals surface area contributed by atoms with Gasteiger partial charge in [-0.3, -0.25) is 9.59 Å². The molecule has 1 aromatic carbocycles. The molecule has 0 aliphatic carbocycles. The third-order valence-corrected chi connectivity index (χ3v) is 2.47. The first-order valence-electron chi connectivity index (χ1n) is 5.51. The molecule has 1 aliphatic heterocycles. The van der Waals surface area contributed by atoms with Crippen LogP contribution in [-0.2, 0) is 20.7 Å². The van der Waals surface area contributed by atoms with Gasteiger partial charge < -0.3 is 15.4 Å². The van der Waals surface area contributed by atoms with Crippen molar-refractivity contribution in [2.45, 2.75) is 13.3 Å². The van der Waals surface area contributed by atoms with E-state index in [0.717, 1.165) is 16.9 Å². The lowest BCUT2D eigenvalue weighted by molar-refractivity contribution is -0.140. The normalized spacial score (nSPS) is 12.9. The van der Waals surface area contributed by atoms with Crippen LogP contribution in [0.15, 0.2) is 18.2 Å². The molecule has 0 fully saturated rings. The molecule has 1 aromatic rings. The van der Waals surface area contributed by atoms with Crippen LogP contribution < -0.4 is 10.6 Å². The van der Waals surface area contributed by atoms with Crippen LogP contribution in [0.25, 0.3) is 0 Å². The Kier molecular flexibility index (Phi) is 3.27. The van der Waals surface area contributed by atoms with E-state index in [1.54, 1.807) is 6.92 Å². The molecule has 0 atom stereocenters. The molecule has 5 nitrogen and oxygen atoms in total. The van der Waals surface area contributed by atoms with Gasteiger partial charge >= 0.3 is 5.97 Å². The molecular weight excluding hydrogens is 220 g/mol. The quantitative estimate of drug-likeness (QED) is 0.767. The van der Waals surface area contributed by atoms with Gasteiger partial charge in [-0.1, -0.05) is 0 Å². The van der Waals surface area contributed by atoms with E-state index in [4.69, 9.17) is 4.74 Å². The zero-order valence-electron chi connectivity index (χ0n) is 9.58.